The molecule has 0 amide bonds. The monoisotopic (exact) mass is 245 g/mol. The fraction of sp³-hybridized carbons (Fsp3) is 1.00. The summed E-state index contributed by atoms with van der Waals surface area (Å²) in [6.07, 6.45) is 10.7. The quantitative estimate of drug-likeness (QED) is 0.790. The zero-order valence-corrected chi connectivity index (χ0v) is 12.0. The van der Waals surface area contributed by atoms with Crippen LogP contribution >= 0.6 is 0 Å². The molecule has 0 heterocycles. The highest BCUT2D eigenvalue weighted by Crippen LogP contribution is 3.03. The molecule has 0 saturated heterocycles. The topological polar surface area (TPSA) is 26.0 Å². The number of fused-ring (bicyclic) bond motifs is 2. The van der Waals surface area contributed by atoms with Gasteiger partial charge in [-0.05, 0) is 90.9 Å². The van der Waals surface area contributed by atoms with Crippen LogP contribution in [0.3, 0.4) is 0 Å². The molecule has 5 saturated carbocycles. The second-order valence-corrected chi connectivity index (χ2v) is 8.95. The zero-order valence-electron chi connectivity index (χ0n) is 12.0. The van der Waals surface area contributed by atoms with Crippen LogP contribution in [-0.4, -0.2) is 6.54 Å². The predicted octanol–water partition coefficient (Wildman–Crippen LogP) is 3.58. The Bertz CT molecular complexity index is 445. The lowest BCUT2D eigenvalue weighted by atomic mass is 9.55. The van der Waals surface area contributed by atoms with Gasteiger partial charge in [-0.15, -0.1) is 0 Å². The lowest BCUT2D eigenvalue weighted by Crippen LogP contribution is -2.44. The Morgan fingerprint density at radius 1 is 1.17 bits per heavy atom. The SMILES string of the molecule is CCC12CC34CC3C3CC(C)(CN)CCC3C14C2. The van der Waals surface area contributed by atoms with Crippen LogP contribution in [0, 0.1) is 39.4 Å². The first-order valence-corrected chi connectivity index (χ1v) is 8.27. The van der Waals surface area contributed by atoms with Crippen molar-refractivity contribution in [1.82, 2.24) is 0 Å². The van der Waals surface area contributed by atoms with Crippen molar-refractivity contribution in [2.45, 2.75) is 58.8 Å². The molecule has 2 spiro atoms. The molecule has 100 valence electrons. The van der Waals surface area contributed by atoms with Crippen molar-refractivity contribution < 1.29 is 0 Å². The summed E-state index contributed by atoms with van der Waals surface area (Å²) in [6, 6.07) is 0. The van der Waals surface area contributed by atoms with Gasteiger partial charge in [-0.2, -0.15) is 0 Å². The largest absolute Gasteiger partial charge is 0.330 e. The highest BCUT2D eigenvalue weighted by atomic mass is 15.0. The molecule has 0 aliphatic heterocycles. The van der Waals surface area contributed by atoms with E-state index in [0.29, 0.717) is 5.41 Å². The molecule has 5 fully saturated rings. The Labute approximate surface area is 111 Å². The molecule has 7 atom stereocenters. The maximum absolute atomic E-state index is 6.06. The molecule has 0 bridgehead atoms. The van der Waals surface area contributed by atoms with Crippen LogP contribution in [0.15, 0.2) is 0 Å². The Balaban J connectivity index is 1.52. The highest BCUT2D eigenvalue weighted by Gasteiger charge is 2.96. The first-order chi connectivity index (χ1) is 8.56. The molecule has 1 nitrogen and oxygen atoms in total. The van der Waals surface area contributed by atoms with E-state index in [9.17, 15) is 0 Å². The van der Waals surface area contributed by atoms with Gasteiger partial charge in [0.1, 0.15) is 0 Å². The van der Waals surface area contributed by atoms with Gasteiger partial charge >= 0.3 is 0 Å². The lowest BCUT2D eigenvalue weighted by Gasteiger charge is -2.50. The van der Waals surface area contributed by atoms with Gasteiger partial charge < -0.3 is 5.73 Å². The van der Waals surface area contributed by atoms with Crippen molar-refractivity contribution >= 4 is 0 Å². The Morgan fingerprint density at radius 2 is 2.00 bits per heavy atom. The van der Waals surface area contributed by atoms with E-state index >= 15 is 0 Å². The summed E-state index contributed by atoms with van der Waals surface area (Å²) in [4.78, 5) is 0. The van der Waals surface area contributed by atoms with E-state index in [1.54, 1.807) is 19.3 Å². The zero-order chi connectivity index (χ0) is 12.4. The molecule has 1 heteroatoms. The average Bonchev–Trinajstić information content (AvgIpc) is 3.19. The van der Waals surface area contributed by atoms with Crippen molar-refractivity contribution in [1.29, 1.82) is 0 Å². The number of rotatable bonds is 2. The molecule has 0 radical (unpaired) electrons. The summed E-state index contributed by atoms with van der Waals surface area (Å²) in [5, 5.41) is 0. The summed E-state index contributed by atoms with van der Waals surface area (Å²) in [6.45, 7) is 5.83. The number of hydrogen-bond acceptors (Lipinski definition) is 1. The summed E-state index contributed by atoms with van der Waals surface area (Å²) in [7, 11) is 0. The Kier molecular flexibility index (Phi) is 1.53. The van der Waals surface area contributed by atoms with Crippen molar-refractivity contribution in [3.63, 3.8) is 0 Å². The Morgan fingerprint density at radius 3 is 2.67 bits per heavy atom. The molecule has 0 aromatic carbocycles. The fourth-order valence-corrected chi connectivity index (χ4v) is 7.89. The first kappa shape index (κ1) is 10.7. The average molecular weight is 245 g/mol. The minimum atomic E-state index is 0.481. The summed E-state index contributed by atoms with van der Waals surface area (Å²) >= 11 is 0. The number of nitrogens with two attached hydrogens (primary N) is 1. The van der Waals surface area contributed by atoms with Gasteiger partial charge in [-0.25, -0.2) is 0 Å². The van der Waals surface area contributed by atoms with Crippen LogP contribution in [-0.2, 0) is 0 Å². The van der Waals surface area contributed by atoms with Crippen LogP contribution in [0.1, 0.15) is 58.8 Å². The molecule has 18 heavy (non-hydrogen) atoms. The molecule has 5 aliphatic rings. The Hall–Kier alpha value is -0.0400. The second-order valence-electron chi connectivity index (χ2n) is 8.95. The van der Waals surface area contributed by atoms with Crippen LogP contribution < -0.4 is 5.73 Å². The standard InChI is InChI=1S/C17H27N/c1-3-15-8-16-7-13(16)11-6-14(2,10-18)5-4-12(11)17(15,16)9-15/h11-13H,3-10,18H2,1-2H3. The van der Waals surface area contributed by atoms with Gasteiger partial charge in [-0.3, -0.25) is 0 Å². The predicted molar refractivity (Wildman–Crippen MR) is 72.9 cm³/mol. The van der Waals surface area contributed by atoms with Crippen LogP contribution in [0.4, 0.5) is 0 Å². The minimum absolute atomic E-state index is 0.481. The van der Waals surface area contributed by atoms with Gasteiger partial charge in [-0.1, -0.05) is 13.8 Å². The third kappa shape index (κ3) is 0.773. The van der Waals surface area contributed by atoms with Gasteiger partial charge in [0.05, 0.1) is 0 Å². The third-order valence-corrected chi connectivity index (χ3v) is 8.74. The van der Waals surface area contributed by atoms with E-state index in [0.717, 1.165) is 40.5 Å². The maximum atomic E-state index is 6.06. The van der Waals surface area contributed by atoms with Gasteiger partial charge in [0.15, 0.2) is 0 Å². The van der Waals surface area contributed by atoms with Crippen molar-refractivity contribution in [3.05, 3.63) is 0 Å². The van der Waals surface area contributed by atoms with Gasteiger partial charge in [0.25, 0.3) is 0 Å². The van der Waals surface area contributed by atoms with E-state index in [2.05, 4.69) is 13.8 Å². The van der Waals surface area contributed by atoms with E-state index in [1.165, 1.54) is 25.7 Å². The van der Waals surface area contributed by atoms with Crippen LogP contribution in [0.25, 0.3) is 0 Å². The molecule has 0 aromatic rings. The maximum Gasteiger partial charge on any atom is -0.00231 e. The minimum Gasteiger partial charge on any atom is -0.330 e. The molecule has 2 N–H and O–H groups in total. The first-order valence-electron chi connectivity index (χ1n) is 8.27. The second kappa shape index (κ2) is 2.57. The van der Waals surface area contributed by atoms with Crippen molar-refractivity contribution in [3.8, 4) is 0 Å². The summed E-state index contributed by atoms with van der Waals surface area (Å²) < 4.78 is 0. The smallest absolute Gasteiger partial charge is 0.00231 e. The molecule has 5 aliphatic carbocycles. The normalized spacial score (nSPS) is 70.5. The lowest BCUT2D eigenvalue weighted by molar-refractivity contribution is -0.0119. The summed E-state index contributed by atoms with van der Waals surface area (Å²) in [5.74, 6) is 3.32. The molecule has 5 rings (SSSR count). The van der Waals surface area contributed by atoms with Crippen LogP contribution in [0.5, 0.6) is 0 Å². The van der Waals surface area contributed by atoms with E-state index in [-0.39, 0.29) is 0 Å². The van der Waals surface area contributed by atoms with E-state index in [4.69, 9.17) is 5.73 Å². The van der Waals surface area contributed by atoms with Gasteiger partial charge in [0, 0.05) is 0 Å². The molecule has 0 aromatic heterocycles. The van der Waals surface area contributed by atoms with Crippen molar-refractivity contribution in [2.75, 3.05) is 6.54 Å². The molecular weight excluding hydrogens is 218 g/mol. The summed E-state index contributed by atoms with van der Waals surface area (Å²) in [5.41, 5.74) is 9.15. The van der Waals surface area contributed by atoms with E-state index < -0.39 is 0 Å². The third-order valence-electron chi connectivity index (χ3n) is 8.74. The highest BCUT2D eigenvalue weighted by molar-refractivity contribution is 5.44. The number of hydrogen-bond donors (Lipinski definition) is 1. The molecular formula is C17H27N. The fourth-order valence-electron chi connectivity index (χ4n) is 7.89. The van der Waals surface area contributed by atoms with E-state index in [1.807, 2.05) is 0 Å². The van der Waals surface area contributed by atoms with Gasteiger partial charge in [0.2, 0.25) is 0 Å². The van der Waals surface area contributed by atoms with Crippen molar-refractivity contribution in [2.24, 2.45) is 45.1 Å². The van der Waals surface area contributed by atoms with Crippen LogP contribution in [0.2, 0.25) is 0 Å². The molecule has 7 unspecified atom stereocenters.